The molecule has 0 saturated carbocycles. The molecular weight excluding hydrogens is 697 g/mol. The molecule has 0 radical (unpaired) electrons. The van der Waals surface area contributed by atoms with Crippen molar-refractivity contribution in [1.29, 1.82) is 0 Å². The second kappa shape index (κ2) is 20.9. The number of hydrogen-bond acceptors (Lipinski definition) is 9. The van der Waals surface area contributed by atoms with E-state index < -0.39 is 5.60 Å². The fourth-order valence-electron chi connectivity index (χ4n) is 5.46. The molecule has 4 aromatic rings. The van der Waals surface area contributed by atoms with Crippen LogP contribution in [0.2, 0.25) is 0 Å². The summed E-state index contributed by atoms with van der Waals surface area (Å²) in [6.45, 7) is 18.4. The van der Waals surface area contributed by atoms with E-state index in [-0.39, 0.29) is 17.8 Å². The number of nitrogens with zero attached hydrogens (tertiary/aromatic N) is 3. The topological polar surface area (TPSA) is 110 Å². The first-order chi connectivity index (χ1) is 26.3. The minimum absolute atomic E-state index is 0.200. The Morgan fingerprint density at radius 1 is 0.582 bits per heavy atom. The van der Waals surface area contributed by atoms with Crippen LogP contribution in [0.5, 0.6) is 23.0 Å². The molecule has 0 atom stereocenters. The third-order valence-electron chi connectivity index (χ3n) is 8.05. The van der Waals surface area contributed by atoms with Gasteiger partial charge in [-0.15, -0.1) is 0 Å². The van der Waals surface area contributed by atoms with Gasteiger partial charge < -0.3 is 34.1 Å². The molecular formula is C44H56N4O7. The van der Waals surface area contributed by atoms with Crippen molar-refractivity contribution < 1.29 is 33.3 Å². The van der Waals surface area contributed by atoms with Crippen LogP contribution in [-0.2, 0) is 16.0 Å². The van der Waals surface area contributed by atoms with Gasteiger partial charge >= 0.3 is 12.2 Å². The number of carbonyl (C=O) groups is 3. The molecule has 0 spiro atoms. The standard InChI is InChI=1S/C22H28N2O3.C13H10O2.C9H18N2O2/c1-22(2,3)27-21(25)24-14-12-23(13-15-24)17-18-8-7-11-20(16-18)26-19-9-5-4-6-10-19;14-10-11-5-4-8-13(9-11)15-12-6-2-1-3-7-12;1-9(2,3)13-8(12)11-6-4-10-5-7-11/h4-11,16H,12-15,17H2,1-3H3;1-10H;10H,4-7H2,1-3H3. The van der Waals surface area contributed by atoms with Crippen LogP contribution >= 0.6 is 0 Å². The highest BCUT2D eigenvalue weighted by Crippen LogP contribution is 2.23. The number of piperazine rings is 2. The SMILES string of the molecule is CC(C)(C)OC(=O)N1CCN(Cc2cccc(Oc3ccccc3)c2)CC1.CC(C)(C)OC(=O)N1CCNCC1.O=Cc1cccc(Oc2ccccc2)c1. The Morgan fingerprint density at radius 2 is 1.04 bits per heavy atom. The number of rotatable bonds is 7. The quantitative estimate of drug-likeness (QED) is 0.186. The second-order valence-electron chi connectivity index (χ2n) is 15.1. The van der Waals surface area contributed by atoms with Crippen molar-refractivity contribution in [3.05, 3.63) is 120 Å². The third kappa shape index (κ3) is 16.3. The number of hydrogen-bond donors (Lipinski definition) is 1. The van der Waals surface area contributed by atoms with Crippen LogP contribution in [0, 0.1) is 0 Å². The van der Waals surface area contributed by atoms with Gasteiger partial charge in [-0.05, 0) is 95.6 Å². The molecule has 294 valence electrons. The van der Waals surface area contributed by atoms with Gasteiger partial charge in [0.2, 0.25) is 0 Å². The summed E-state index contributed by atoms with van der Waals surface area (Å²) in [5.74, 6) is 3.11. The molecule has 55 heavy (non-hydrogen) atoms. The van der Waals surface area contributed by atoms with E-state index in [1.165, 1.54) is 5.56 Å². The van der Waals surface area contributed by atoms with E-state index in [1.807, 2.05) is 120 Å². The summed E-state index contributed by atoms with van der Waals surface area (Å²) < 4.78 is 22.2. The molecule has 2 aliphatic heterocycles. The smallest absolute Gasteiger partial charge is 0.410 e. The zero-order valence-corrected chi connectivity index (χ0v) is 33.0. The van der Waals surface area contributed by atoms with Gasteiger partial charge in [0, 0.05) is 64.5 Å². The number of ether oxygens (including phenoxy) is 4. The van der Waals surface area contributed by atoms with Crippen molar-refractivity contribution >= 4 is 18.5 Å². The molecule has 0 aromatic heterocycles. The Labute approximate surface area is 326 Å². The largest absolute Gasteiger partial charge is 0.457 e. The number of nitrogens with one attached hydrogen (secondary N) is 1. The van der Waals surface area contributed by atoms with E-state index in [0.29, 0.717) is 24.4 Å². The van der Waals surface area contributed by atoms with Crippen molar-refractivity contribution in [2.24, 2.45) is 0 Å². The fraction of sp³-hybridized carbons (Fsp3) is 0.386. The summed E-state index contributed by atoms with van der Waals surface area (Å²) in [6, 6.07) is 34.5. The minimum Gasteiger partial charge on any atom is -0.457 e. The Hall–Kier alpha value is -5.39. The molecule has 0 bridgehead atoms. The molecule has 2 fully saturated rings. The molecule has 11 heteroatoms. The average Bonchev–Trinajstić information content (AvgIpc) is 3.16. The lowest BCUT2D eigenvalue weighted by molar-refractivity contribution is 0.0138. The first kappa shape index (κ1) is 42.4. The van der Waals surface area contributed by atoms with Gasteiger partial charge in [-0.1, -0.05) is 60.7 Å². The van der Waals surface area contributed by atoms with Gasteiger partial charge in [0.1, 0.15) is 40.5 Å². The predicted octanol–water partition coefficient (Wildman–Crippen LogP) is 8.65. The van der Waals surface area contributed by atoms with E-state index in [2.05, 4.69) is 22.3 Å². The molecule has 1 N–H and O–H groups in total. The normalized spacial score (nSPS) is 14.6. The van der Waals surface area contributed by atoms with Gasteiger partial charge in [0.05, 0.1) is 0 Å². The lowest BCUT2D eigenvalue weighted by Crippen LogP contribution is -2.49. The summed E-state index contributed by atoms with van der Waals surface area (Å²) in [5, 5.41) is 3.18. The van der Waals surface area contributed by atoms with Gasteiger partial charge in [0.25, 0.3) is 0 Å². The fourth-order valence-corrected chi connectivity index (χ4v) is 5.46. The molecule has 0 aliphatic carbocycles. The maximum absolute atomic E-state index is 12.2. The molecule has 11 nitrogen and oxygen atoms in total. The zero-order valence-electron chi connectivity index (χ0n) is 33.0. The van der Waals surface area contributed by atoms with Crippen LogP contribution in [0.25, 0.3) is 0 Å². The first-order valence-corrected chi connectivity index (χ1v) is 18.8. The lowest BCUT2D eigenvalue weighted by atomic mass is 10.2. The van der Waals surface area contributed by atoms with Gasteiger partial charge in [-0.25, -0.2) is 9.59 Å². The van der Waals surface area contributed by atoms with Crippen LogP contribution in [0.4, 0.5) is 9.59 Å². The number of para-hydroxylation sites is 2. The Bertz CT molecular complexity index is 1760. The molecule has 2 heterocycles. The third-order valence-corrected chi connectivity index (χ3v) is 8.05. The zero-order chi connectivity index (χ0) is 39.7. The monoisotopic (exact) mass is 752 g/mol. The van der Waals surface area contributed by atoms with Crippen LogP contribution in [-0.4, -0.2) is 96.7 Å². The molecule has 2 amide bonds. The predicted molar refractivity (Wildman–Crippen MR) is 215 cm³/mol. The minimum atomic E-state index is -0.451. The number of aldehydes is 1. The number of amides is 2. The van der Waals surface area contributed by atoms with E-state index in [4.69, 9.17) is 18.9 Å². The van der Waals surface area contributed by atoms with Crippen LogP contribution in [0.1, 0.15) is 57.5 Å². The van der Waals surface area contributed by atoms with Crippen molar-refractivity contribution in [3.8, 4) is 23.0 Å². The van der Waals surface area contributed by atoms with Crippen LogP contribution in [0.3, 0.4) is 0 Å². The number of carbonyl (C=O) groups excluding carboxylic acids is 3. The van der Waals surface area contributed by atoms with Crippen molar-refractivity contribution in [1.82, 2.24) is 20.0 Å². The van der Waals surface area contributed by atoms with Gasteiger partial charge in [-0.3, -0.25) is 9.69 Å². The van der Waals surface area contributed by atoms with Gasteiger partial charge in [-0.2, -0.15) is 0 Å². The van der Waals surface area contributed by atoms with E-state index in [0.717, 1.165) is 69.3 Å². The van der Waals surface area contributed by atoms with E-state index >= 15 is 0 Å². The van der Waals surface area contributed by atoms with Crippen molar-refractivity contribution in [2.45, 2.75) is 59.3 Å². The molecule has 2 saturated heterocycles. The lowest BCUT2D eigenvalue weighted by Gasteiger charge is -2.35. The summed E-state index contributed by atoms with van der Waals surface area (Å²) in [4.78, 5) is 40.1. The highest BCUT2D eigenvalue weighted by atomic mass is 16.6. The van der Waals surface area contributed by atoms with Crippen molar-refractivity contribution in [2.75, 3.05) is 52.4 Å². The summed E-state index contributed by atoms with van der Waals surface area (Å²) in [6.07, 6.45) is 0.382. The molecule has 0 unspecified atom stereocenters. The summed E-state index contributed by atoms with van der Waals surface area (Å²) in [5.41, 5.74) is 0.979. The molecule has 6 rings (SSSR count). The highest BCUT2D eigenvalue weighted by molar-refractivity contribution is 5.75. The Balaban J connectivity index is 0.000000202. The van der Waals surface area contributed by atoms with Crippen molar-refractivity contribution in [3.63, 3.8) is 0 Å². The average molecular weight is 753 g/mol. The van der Waals surface area contributed by atoms with E-state index in [9.17, 15) is 14.4 Å². The van der Waals surface area contributed by atoms with Gasteiger partial charge in [0.15, 0.2) is 0 Å². The summed E-state index contributed by atoms with van der Waals surface area (Å²) >= 11 is 0. The number of benzene rings is 4. The Morgan fingerprint density at radius 3 is 1.53 bits per heavy atom. The molecule has 2 aliphatic rings. The van der Waals surface area contributed by atoms with Crippen LogP contribution in [0.15, 0.2) is 109 Å². The maximum Gasteiger partial charge on any atom is 0.410 e. The van der Waals surface area contributed by atoms with E-state index in [1.54, 1.807) is 28.0 Å². The molecule has 4 aromatic carbocycles. The Kier molecular flexibility index (Phi) is 16.1. The summed E-state index contributed by atoms with van der Waals surface area (Å²) in [7, 11) is 0. The second-order valence-corrected chi connectivity index (χ2v) is 15.1. The maximum atomic E-state index is 12.2. The first-order valence-electron chi connectivity index (χ1n) is 18.8. The highest BCUT2D eigenvalue weighted by Gasteiger charge is 2.26. The van der Waals surface area contributed by atoms with Crippen LogP contribution < -0.4 is 14.8 Å².